The number of aromatic nitrogens is 1. The van der Waals surface area contributed by atoms with E-state index in [1.54, 1.807) is 0 Å². The average molecular weight is 448 g/mol. The van der Waals surface area contributed by atoms with Crippen molar-refractivity contribution in [1.29, 1.82) is 0 Å². The number of ether oxygens (including phenoxy) is 4. The molecule has 170 valence electrons. The van der Waals surface area contributed by atoms with Gasteiger partial charge < -0.3 is 23.5 Å². The molecule has 0 spiro atoms. The lowest BCUT2D eigenvalue weighted by Gasteiger charge is -2.41. The monoisotopic (exact) mass is 448 g/mol. The number of fused-ring (bicyclic) bond motifs is 1. The smallest absolute Gasteiger partial charge is 0.303 e. The zero-order valence-corrected chi connectivity index (χ0v) is 17.4. The first-order chi connectivity index (χ1) is 15.1. The molecule has 1 aromatic heterocycles. The highest BCUT2D eigenvalue weighted by atomic mass is 16.6. The van der Waals surface area contributed by atoms with Crippen molar-refractivity contribution in [2.24, 2.45) is 0 Å². The van der Waals surface area contributed by atoms with Gasteiger partial charge in [0.2, 0.25) is 0 Å². The minimum Gasteiger partial charge on any atom is -0.456 e. The third-order valence-corrected chi connectivity index (χ3v) is 4.79. The lowest BCUT2D eigenvalue weighted by Crippen LogP contribution is -2.55. The second-order valence-electron chi connectivity index (χ2n) is 7.06. The molecule has 1 aromatic carbocycles. The Balaban J connectivity index is 2.16. The summed E-state index contributed by atoms with van der Waals surface area (Å²) in [6, 6.07) is 4.21. The van der Waals surface area contributed by atoms with Crippen molar-refractivity contribution in [2.45, 2.75) is 45.3 Å². The molecule has 4 atom stereocenters. The summed E-state index contributed by atoms with van der Waals surface area (Å²) in [4.78, 5) is 57.6. The number of aldehydes is 1. The summed E-state index contributed by atoms with van der Waals surface area (Å²) in [6.45, 7) is 3.20. The topological polar surface area (TPSA) is 153 Å². The normalized spacial score (nSPS) is 22.7. The lowest BCUT2D eigenvalue weighted by atomic mass is 10.0. The van der Waals surface area contributed by atoms with Gasteiger partial charge in [-0.1, -0.05) is 6.07 Å². The minimum absolute atomic E-state index is 0.0172. The number of hydrogen-bond donors (Lipinski definition) is 0. The number of benzene rings is 1. The summed E-state index contributed by atoms with van der Waals surface area (Å²) in [5.41, 5.74) is -0.0166. The number of nitro benzene ring substituents is 1. The summed E-state index contributed by atoms with van der Waals surface area (Å²) in [6.07, 6.45) is -2.95. The van der Waals surface area contributed by atoms with Gasteiger partial charge in [-0.05, 0) is 6.07 Å². The lowest BCUT2D eigenvalue weighted by molar-refractivity contribution is -0.383. The first-order valence-corrected chi connectivity index (χ1v) is 9.50. The molecule has 3 rings (SSSR count). The molecule has 1 fully saturated rings. The van der Waals surface area contributed by atoms with Gasteiger partial charge in [0.15, 0.2) is 30.8 Å². The van der Waals surface area contributed by atoms with Crippen LogP contribution in [0.1, 0.15) is 37.4 Å². The molecule has 12 nitrogen and oxygen atoms in total. The molecule has 1 aliphatic heterocycles. The molecule has 0 saturated carbocycles. The zero-order valence-electron chi connectivity index (χ0n) is 17.4. The highest BCUT2D eigenvalue weighted by molar-refractivity contribution is 6.03. The third-order valence-electron chi connectivity index (χ3n) is 4.79. The molecule has 32 heavy (non-hydrogen) atoms. The molecule has 0 amide bonds. The second-order valence-corrected chi connectivity index (χ2v) is 7.06. The second kappa shape index (κ2) is 9.14. The fourth-order valence-electron chi connectivity index (χ4n) is 3.74. The van der Waals surface area contributed by atoms with Crippen molar-refractivity contribution in [2.75, 3.05) is 6.61 Å². The van der Waals surface area contributed by atoms with E-state index in [0.29, 0.717) is 6.29 Å². The van der Waals surface area contributed by atoms with Gasteiger partial charge in [-0.15, -0.1) is 0 Å². The van der Waals surface area contributed by atoms with Crippen LogP contribution in [-0.4, -0.2) is 58.6 Å². The highest BCUT2D eigenvalue weighted by Gasteiger charge is 2.48. The van der Waals surface area contributed by atoms with Gasteiger partial charge in [0.25, 0.3) is 5.69 Å². The van der Waals surface area contributed by atoms with E-state index in [9.17, 15) is 29.3 Å². The number of nitro groups is 1. The van der Waals surface area contributed by atoms with Crippen LogP contribution in [0.15, 0.2) is 24.4 Å². The molecule has 1 aliphatic rings. The summed E-state index contributed by atoms with van der Waals surface area (Å²) < 4.78 is 23.1. The largest absolute Gasteiger partial charge is 0.456 e. The van der Waals surface area contributed by atoms with Gasteiger partial charge in [0.1, 0.15) is 0 Å². The molecule has 2 heterocycles. The molecule has 1 saturated heterocycles. The Hall–Kier alpha value is -3.80. The van der Waals surface area contributed by atoms with Gasteiger partial charge in [-0.25, -0.2) is 0 Å². The molecular formula is C20H20N2O10. The molecular weight excluding hydrogens is 428 g/mol. The Morgan fingerprint density at radius 1 is 1.09 bits per heavy atom. The number of carbonyl (C=O) groups excluding carboxylic acids is 4. The number of nitrogens with zero attached hydrogens (tertiary/aromatic N) is 2. The quantitative estimate of drug-likeness (QED) is 0.210. The van der Waals surface area contributed by atoms with E-state index in [1.165, 1.54) is 29.0 Å². The molecule has 2 aromatic rings. The van der Waals surface area contributed by atoms with Crippen molar-refractivity contribution in [1.82, 2.24) is 4.57 Å². The Morgan fingerprint density at radius 2 is 1.72 bits per heavy atom. The van der Waals surface area contributed by atoms with Crippen molar-refractivity contribution < 1.29 is 43.0 Å². The van der Waals surface area contributed by atoms with E-state index in [2.05, 4.69) is 0 Å². The standard InChI is InChI=1S/C20H20N2O10/c1-10(24)30-16-9-29-20(19(32-12(3)26)18(16)31-11(2)25)21-7-13(8-23)17-14(21)5-4-6-15(17)22(27)28/h4-8,16,18-20H,9H2,1-3H3/t16-,18+,19-,20-/m1/s1. The molecule has 0 bridgehead atoms. The van der Waals surface area contributed by atoms with Crippen LogP contribution in [-0.2, 0) is 33.3 Å². The summed E-state index contributed by atoms with van der Waals surface area (Å²) in [5, 5.41) is 11.5. The van der Waals surface area contributed by atoms with E-state index >= 15 is 0 Å². The third kappa shape index (κ3) is 4.44. The summed E-state index contributed by atoms with van der Waals surface area (Å²) >= 11 is 0. The molecule has 0 unspecified atom stereocenters. The van der Waals surface area contributed by atoms with Crippen LogP contribution in [0, 0.1) is 10.1 Å². The maximum absolute atomic E-state index is 11.8. The number of non-ortho nitro benzene ring substituents is 1. The highest BCUT2D eigenvalue weighted by Crippen LogP contribution is 2.37. The molecule has 0 aliphatic carbocycles. The van der Waals surface area contributed by atoms with E-state index in [0.717, 1.165) is 20.8 Å². The van der Waals surface area contributed by atoms with Crippen molar-refractivity contribution in [3.63, 3.8) is 0 Å². The van der Waals surface area contributed by atoms with Crippen molar-refractivity contribution >= 4 is 40.8 Å². The van der Waals surface area contributed by atoms with Gasteiger partial charge in [-0.2, -0.15) is 0 Å². The van der Waals surface area contributed by atoms with Crippen LogP contribution in [0.3, 0.4) is 0 Å². The van der Waals surface area contributed by atoms with Gasteiger partial charge in [-0.3, -0.25) is 29.3 Å². The fourth-order valence-corrected chi connectivity index (χ4v) is 3.74. The van der Waals surface area contributed by atoms with Crippen LogP contribution < -0.4 is 0 Å². The van der Waals surface area contributed by atoms with E-state index in [4.69, 9.17) is 18.9 Å². The molecule has 0 radical (unpaired) electrons. The Morgan fingerprint density at radius 3 is 2.28 bits per heavy atom. The van der Waals surface area contributed by atoms with Crippen LogP contribution in [0.4, 0.5) is 5.69 Å². The van der Waals surface area contributed by atoms with E-state index < -0.39 is 47.4 Å². The number of hydrogen-bond acceptors (Lipinski definition) is 10. The Labute approximate surface area is 181 Å². The predicted molar refractivity (Wildman–Crippen MR) is 106 cm³/mol. The minimum atomic E-state index is -1.29. The van der Waals surface area contributed by atoms with E-state index in [1.807, 2.05) is 0 Å². The average Bonchev–Trinajstić information content (AvgIpc) is 3.08. The van der Waals surface area contributed by atoms with Crippen LogP contribution in [0.5, 0.6) is 0 Å². The number of esters is 3. The van der Waals surface area contributed by atoms with Crippen molar-refractivity contribution in [3.05, 3.63) is 40.1 Å². The van der Waals surface area contributed by atoms with Crippen LogP contribution >= 0.6 is 0 Å². The van der Waals surface area contributed by atoms with E-state index in [-0.39, 0.29) is 28.8 Å². The van der Waals surface area contributed by atoms with Gasteiger partial charge in [0, 0.05) is 38.6 Å². The van der Waals surface area contributed by atoms with Crippen LogP contribution in [0.25, 0.3) is 10.9 Å². The summed E-state index contributed by atoms with van der Waals surface area (Å²) in [5.74, 6) is -2.12. The SMILES string of the molecule is CC(=O)O[C@@H]1[C@@H](OC(C)=O)[C@H](OC(C)=O)CO[C@H]1n1cc(C=O)c2c([N+](=O)[O-])cccc21. The van der Waals surface area contributed by atoms with Gasteiger partial charge >= 0.3 is 17.9 Å². The Bertz CT molecular complexity index is 1090. The fraction of sp³-hybridized carbons (Fsp3) is 0.400. The Kier molecular flexibility index (Phi) is 6.53. The van der Waals surface area contributed by atoms with Crippen LogP contribution in [0.2, 0.25) is 0 Å². The predicted octanol–water partition coefficient (Wildman–Crippen LogP) is 1.69. The van der Waals surface area contributed by atoms with Crippen molar-refractivity contribution in [3.8, 4) is 0 Å². The zero-order chi connectivity index (χ0) is 23.6. The maximum atomic E-state index is 11.8. The summed E-state index contributed by atoms with van der Waals surface area (Å²) in [7, 11) is 0. The number of carbonyl (C=O) groups is 4. The number of rotatable bonds is 6. The molecule has 12 heteroatoms. The first kappa shape index (κ1) is 22.9. The first-order valence-electron chi connectivity index (χ1n) is 9.50. The molecule has 0 N–H and O–H groups in total. The maximum Gasteiger partial charge on any atom is 0.303 e. The van der Waals surface area contributed by atoms with Gasteiger partial charge in [0.05, 0.1) is 22.4 Å².